The van der Waals surface area contributed by atoms with E-state index in [1.54, 1.807) is 15.9 Å². The summed E-state index contributed by atoms with van der Waals surface area (Å²) in [7, 11) is 0. The van der Waals surface area contributed by atoms with Gasteiger partial charge in [0.05, 0.1) is 5.69 Å². The fourth-order valence-corrected chi connectivity index (χ4v) is 5.90. The molecule has 2 aromatic carbocycles. The van der Waals surface area contributed by atoms with Gasteiger partial charge in [-0.2, -0.15) is 5.10 Å². The molecular weight excluding hydrogens is 504 g/mol. The molecule has 0 saturated carbocycles. The average molecular weight is 543 g/mol. The molecule has 9 heteroatoms. The predicted octanol–water partition coefficient (Wildman–Crippen LogP) is 3.38. The van der Waals surface area contributed by atoms with E-state index in [4.69, 9.17) is 0 Å². The van der Waals surface area contributed by atoms with E-state index in [0.717, 1.165) is 5.69 Å². The van der Waals surface area contributed by atoms with Crippen molar-refractivity contribution >= 4 is 17.7 Å². The van der Waals surface area contributed by atoms with E-state index in [1.807, 2.05) is 71.0 Å². The molecule has 1 saturated heterocycles. The first-order chi connectivity index (χ1) is 19.0. The Morgan fingerprint density at radius 2 is 1.70 bits per heavy atom. The van der Waals surface area contributed by atoms with E-state index in [2.05, 4.69) is 32.8 Å². The minimum atomic E-state index is -0.974. The number of nitrogens with zero attached hydrogens (tertiary/aromatic N) is 4. The van der Waals surface area contributed by atoms with Gasteiger partial charge in [0.25, 0.3) is 0 Å². The van der Waals surface area contributed by atoms with Crippen LogP contribution in [0, 0.1) is 11.8 Å². The van der Waals surface area contributed by atoms with E-state index in [0.29, 0.717) is 24.8 Å². The second-order valence-corrected chi connectivity index (χ2v) is 12.4. The van der Waals surface area contributed by atoms with Crippen molar-refractivity contribution in [3.8, 4) is 5.69 Å². The standard InChI is InChI=1S/C31H38N6O3/c1-19(2)14-25-28(38)34-26(23-15-21-8-6-7-9-22(21)16-23)30(40)37(25)27(29(39)35-31(3,4)5)20-10-12-24(13-11-20)36-18-32-17-33-36/h6-13,17-19,23,25-27H,14-16H2,1-5H3,(H,34,38)(H,35,39). The van der Waals surface area contributed by atoms with Gasteiger partial charge in [0.2, 0.25) is 17.7 Å². The number of amides is 3. The molecule has 2 heterocycles. The summed E-state index contributed by atoms with van der Waals surface area (Å²) < 4.78 is 1.63. The predicted molar refractivity (Wildman–Crippen MR) is 151 cm³/mol. The summed E-state index contributed by atoms with van der Waals surface area (Å²) >= 11 is 0. The smallest absolute Gasteiger partial charge is 0.247 e. The number of carbonyl (C=O) groups is 3. The molecule has 1 aliphatic heterocycles. The Morgan fingerprint density at radius 3 is 2.25 bits per heavy atom. The number of hydrogen-bond acceptors (Lipinski definition) is 5. The van der Waals surface area contributed by atoms with Gasteiger partial charge in [-0.1, -0.05) is 50.2 Å². The summed E-state index contributed by atoms with van der Waals surface area (Å²) in [6, 6.07) is 13.1. The van der Waals surface area contributed by atoms with Crippen LogP contribution in [0.4, 0.5) is 0 Å². The molecule has 40 heavy (non-hydrogen) atoms. The highest BCUT2D eigenvalue weighted by molar-refractivity contribution is 6.00. The summed E-state index contributed by atoms with van der Waals surface area (Å²) in [5.41, 5.74) is 3.29. The van der Waals surface area contributed by atoms with Gasteiger partial charge >= 0.3 is 0 Å². The number of fused-ring (bicyclic) bond motifs is 1. The Balaban J connectivity index is 1.55. The van der Waals surface area contributed by atoms with Crippen LogP contribution < -0.4 is 10.6 Å². The van der Waals surface area contributed by atoms with Crippen molar-refractivity contribution in [1.29, 1.82) is 0 Å². The van der Waals surface area contributed by atoms with Crippen molar-refractivity contribution in [1.82, 2.24) is 30.3 Å². The molecule has 1 aromatic heterocycles. The number of piperazine rings is 1. The highest BCUT2D eigenvalue weighted by Gasteiger charge is 2.49. The second kappa shape index (κ2) is 10.9. The van der Waals surface area contributed by atoms with Gasteiger partial charge in [-0.25, -0.2) is 9.67 Å². The van der Waals surface area contributed by atoms with Gasteiger partial charge in [-0.15, -0.1) is 0 Å². The fraction of sp³-hybridized carbons (Fsp3) is 0.452. The van der Waals surface area contributed by atoms with Crippen LogP contribution in [-0.4, -0.2) is 55.0 Å². The van der Waals surface area contributed by atoms with Gasteiger partial charge in [0.1, 0.15) is 30.8 Å². The minimum absolute atomic E-state index is 0.0719. The quantitative estimate of drug-likeness (QED) is 0.476. The molecule has 2 aliphatic rings. The van der Waals surface area contributed by atoms with Crippen molar-refractivity contribution in [2.24, 2.45) is 11.8 Å². The maximum Gasteiger partial charge on any atom is 0.247 e. The van der Waals surface area contributed by atoms with Crippen LogP contribution in [-0.2, 0) is 27.2 Å². The zero-order chi connectivity index (χ0) is 28.6. The molecule has 2 N–H and O–H groups in total. The van der Waals surface area contributed by atoms with E-state index < -0.39 is 23.7 Å². The lowest BCUT2D eigenvalue weighted by Crippen LogP contribution is -2.67. The Morgan fingerprint density at radius 1 is 1.05 bits per heavy atom. The Hall–Kier alpha value is -4.01. The van der Waals surface area contributed by atoms with Crippen molar-refractivity contribution in [3.05, 3.63) is 77.9 Å². The Bertz CT molecular complexity index is 1350. The third-order valence-electron chi connectivity index (χ3n) is 7.62. The first-order valence-corrected chi connectivity index (χ1v) is 14.0. The van der Waals surface area contributed by atoms with Crippen molar-refractivity contribution in [3.63, 3.8) is 0 Å². The van der Waals surface area contributed by atoms with Gasteiger partial charge in [0.15, 0.2) is 0 Å². The van der Waals surface area contributed by atoms with Crippen molar-refractivity contribution in [2.45, 2.75) is 77.5 Å². The van der Waals surface area contributed by atoms with Crippen molar-refractivity contribution < 1.29 is 14.4 Å². The zero-order valence-corrected chi connectivity index (χ0v) is 23.8. The van der Waals surface area contributed by atoms with Crippen LogP contribution in [0.15, 0.2) is 61.2 Å². The van der Waals surface area contributed by atoms with E-state index in [-0.39, 0.29) is 29.6 Å². The van der Waals surface area contributed by atoms with Gasteiger partial charge in [0, 0.05) is 5.54 Å². The summed E-state index contributed by atoms with van der Waals surface area (Å²) in [6.45, 7) is 9.76. The first-order valence-electron chi connectivity index (χ1n) is 14.0. The normalized spacial score (nSPS) is 20.4. The average Bonchev–Trinajstić information content (AvgIpc) is 3.57. The molecule has 3 unspecified atom stereocenters. The first kappa shape index (κ1) is 27.6. The summed E-state index contributed by atoms with van der Waals surface area (Å²) in [5, 5.41) is 10.3. The monoisotopic (exact) mass is 542 g/mol. The topological polar surface area (TPSA) is 109 Å². The summed E-state index contributed by atoms with van der Waals surface area (Å²) in [5.74, 6) is -0.664. The molecule has 3 atom stereocenters. The van der Waals surface area contributed by atoms with E-state index in [1.165, 1.54) is 17.5 Å². The van der Waals surface area contributed by atoms with Crippen LogP contribution in [0.1, 0.15) is 63.8 Å². The molecule has 3 amide bonds. The maximum absolute atomic E-state index is 14.4. The summed E-state index contributed by atoms with van der Waals surface area (Å²) in [6.07, 6.45) is 4.92. The Kier molecular flexibility index (Phi) is 7.49. The molecule has 1 fully saturated rings. The van der Waals surface area contributed by atoms with Crippen LogP contribution in [0.3, 0.4) is 0 Å². The third kappa shape index (κ3) is 5.64. The fourth-order valence-electron chi connectivity index (χ4n) is 5.90. The molecule has 210 valence electrons. The molecule has 3 aromatic rings. The molecule has 0 radical (unpaired) electrons. The number of nitrogens with one attached hydrogen (secondary N) is 2. The molecule has 0 bridgehead atoms. The van der Waals surface area contributed by atoms with E-state index in [9.17, 15) is 14.4 Å². The highest BCUT2D eigenvalue weighted by atomic mass is 16.2. The molecule has 5 rings (SSSR count). The Labute approximate surface area is 235 Å². The van der Waals surface area contributed by atoms with Gasteiger partial charge < -0.3 is 15.5 Å². The van der Waals surface area contributed by atoms with Gasteiger partial charge in [-0.3, -0.25) is 14.4 Å². The van der Waals surface area contributed by atoms with Crippen LogP contribution in [0.5, 0.6) is 0 Å². The maximum atomic E-state index is 14.4. The molecule has 9 nitrogen and oxygen atoms in total. The lowest BCUT2D eigenvalue weighted by molar-refractivity contribution is -0.158. The molecule has 0 spiro atoms. The number of benzene rings is 2. The third-order valence-corrected chi connectivity index (χ3v) is 7.62. The minimum Gasteiger partial charge on any atom is -0.349 e. The van der Waals surface area contributed by atoms with Crippen LogP contribution >= 0.6 is 0 Å². The molecule has 1 aliphatic carbocycles. The largest absolute Gasteiger partial charge is 0.349 e. The number of hydrogen-bond donors (Lipinski definition) is 2. The molecular formula is C31H38N6O3. The van der Waals surface area contributed by atoms with Crippen LogP contribution in [0.2, 0.25) is 0 Å². The van der Waals surface area contributed by atoms with E-state index >= 15 is 0 Å². The second-order valence-electron chi connectivity index (χ2n) is 12.4. The number of rotatable bonds is 7. The lowest BCUT2D eigenvalue weighted by Gasteiger charge is -2.45. The number of carbonyl (C=O) groups excluding carboxylic acids is 3. The SMILES string of the molecule is CC(C)CC1C(=O)NC(C2Cc3ccccc3C2)C(=O)N1C(C(=O)NC(C)(C)C)c1ccc(-n2cncn2)cc1. The summed E-state index contributed by atoms with van der Waals surface area (Å²) in [4.78, 5) is 47.7. The van der Waals surface area contributed by atoms with Gasteiger partial charge in [-0.05, 0) is 80.7 Å². The van der Waals surface area contributed by atoms with Crippen LogP contribution in [0.25, 0.3) is 5.69 Å². The zero-order valence-electron chi connectivity index (χ0n) is 23.8. The lowest BCUT2D eigenvalue weighted by atomic mass is 9.87. The van der Waals surface area contributed by atoms with Crippen molar-refractivity contribution in [2.75, 3.05) is 0 Å². The number of aromatic nitrogens is 3. The highest BCUT2D eigenvalue weighted by Crippen LogP contribution is 2.35.